The lowest BCUT2D eigenvalue weighted by Crippen LogP contribution is -2.48. The van der Waals surface area contributed by atoms with E-state index in [0.29, 0.717) is 18.1 Å². The topological polar surface area (TPSA) is 58.6 Å². The predicted molar refractivity (Wildman–Crippen MR) is 96.6 cm³/mol. The molecule has 1 aromatic rings. The molecule has 2 atom stereocenters. The molecule has 0 spiro atoms. The van der Waals surface area contributed by atoms with E-state index in [2.05, 4.69) is 5.32 Å². The second-order valence-electron chi connectivity index (χ2n) is 7.07. The fraction of sp³-hybridized carbons (Fsp3) is 0.600. The molecule has 25 heavy (non-hydrogen) atoms. The maximum Gasteiger partial charge on any atom is 0.251 e. The van der Waals surface area contributed by atoms with Crippen molar-refractivity contribution in [3.8, 4) is 5.75 Å². The number of ether oxygens (including phenoxy) is 1. The van der Waals surface area contributed by atoms with Crippen LogP contribution in [0.2, 0.25) is 0 Å². The normalized spacial score (nSPS) is 22.8. The van der Waals surface area contributed by atoms with E-state index in [1.807, 2.05) is 11.8 Å². The maximum atomic E-state index is 12.4. The highest BCUT2D eigenvalue weighted by Crippen LogP contribution is 2.35. The Balaban J connectivity index is 1.47. The molecule has 2 aliphatic rings. The Hall–Kier alpha value is -2.04. The van der Waals surface area contributed by atoms with E-state index < -0.39 is 0 Å². The van der Waals surface area contributed by atoms with E-state index in [4.69, 9.17) is 4.74 Å². The number of fused-ring (bicyclic) bond motifs is 1. The summed E-state index contributed by atoms with van der Waals surface area (Å²) in [5, 5.41) is 2.75. The molecule has 1 aliphatic heterocycles. The van der Waals surface area contributed by atoms with Crippen LogP contribution in [0.4, 0.5) is 0 Å². The van der Waals surface area contributed by atoms with Crippen molar-refractivity contribution in [1.82, 2.24) is 10.2 Å². The maximum absolute atomic E-state index is 12.4. The minimum atomic E-state index is -0.219. The van der Waals surface area contributed by atoms with Crippen molar-refractivity contribution in [2.24, 2.45) is 11.8 Å². The highest BCUT2D eigenvalue weighted by Gasteiger charge is 2.32. The number of nitrogens with zero attached hydrogens (tertiary/aromatic N) is 1. The zero-order valence-corrected chi connectivity index (χ0v) is 15.0. The Kier molecular flexibility index (Phi) is 5.95. The number of carbonyl (C=O) groups is 2. The molecule has 1 N–H and O–H groups in total. The summed E-state index contributed by atoms with van der Waals surface area (Å²) in [5.74, 6) is 2.02. The Morgan fingerprint density at radius 2 is 1.84 bits per heavy atom. The lowest BCUT2D eigenvalue weighted by Gasteiger charge is -2.41. The summed E-state index contributed by atoms with van der Waals surface area (Å²) in [7, 11) is 0. The minimum absolute atomic E-state index is 0.0308. The van der Waals surface area contributed by atoms with E-state index in [1.54, 1.807) is 24.3 Å². The van der Waals surface area contributed by atoms with Gasteiger partial charge in [-0.3, -0.25) is 9.59 Å². The molecule has 5 heteroatoms. The number of rotatable bonds is 5. The quantitative estimate of drug-likeness (QED) is 0.893. The van der Waals surface area contributed by atoms with E-state index in [-0.39, 0.29) is 18.4 Å². The van der Waals surface area contributed by atoms with Crippen molar-refractivity contribution in [2.75, 3.05) is 26.2 Å². The Bertz CT molecular complexity index is 599. The molecule has 3 rings (SSSR count). The lowest BCUT2D eigenvalue weighted by molar-refractivity contribution is -0.133. The first-order valence-corrected chi connectivity index (χ1v) is 9.46. The molecule has 1 heterocycles. The SMILES string of the molecule is CCOc1ccc(C(=O)NCC(=O)N2CCC3CCCCC3C2)cc1. The van der Waals surface area contributed by atoms with Crippen molar-refractivity contribution < 1.29 is 14.3 Å². The summed E-state index contributed by atoms with van der Waals surface area (Å²) in [6.45, 7) is 4.28. The average molecular weight is 344 g/mol. The van der Waals surface area contributed by atoms with Crippen LogP contribution in [0.1, 0.15) is 49.4 Å². The van der Waals surface area contributed by atoms with Gasteiger partial charge in [-0.05, 0) is 55.9 Å². The Morgan fingerprint density at radius 1 is 1.12 bits per heavy atom. The van der Waals surface area contributed by atoms with Crippen LogP contribution in [-0.2, 0) is 4.79 Å². The van der Waals surface area contributed by atoms with Crippen LogP contribution in [0, 0.1) is 11.8 Å². The zero-order valence-electron chi connectivity index (χ0n) is 15.0. The fourth-order valence-electron chi connectivity index (χ4n) is 4.07. The first-order valence-electron chi connectivity index (χ1n) is 9.46. The molecule has 2 fully saturated rings. The zero-order chi connectivity index (χ0) is 17.6. The summed E-state index contributed by atoms with van der Waals surface area (Å²) in [6, 6.07) is 6.98. The van der Waals surface area contributed by atoms with Crippen molar-refractivity contribution >= 4 is 11.8 Å². The molecule has 136 valence electrons. The molecule has 0 bridgehead atoms. The van der Waals surface area contributed by atoms with Crippen LogP contribution in [-0.4, -0.2) is 43.0 Å². The predicted octanol–water partition coefficient (Wildman–Crippen LogP) is 2.85. The second-order valence-corrected chi connectivity index (χ2v) is 7.07. The highest BCUT2D eigenvalue weighted by atomic mass is 16.5. The first kappa shape index (κ1) is 17.8. The van der Waals surface area contributed by atoms with E-state index in [1.165, 1.54) is 25.7 Å². The largest absolute Gasteiger partial charge is 0.494 e. The number of carbonyl (C=O) groups excluding carboxylic acids is 2. The molecule has 1 saturated carbocycles. The van der Waals surface area contributed by atoms with Gasteiger partial charge in [0.15, 0.2) is 0 Å². The molecule has 2 amide bonds. The fourth-order valence-corrected chi connectivity index (χ4v) is 4.07. The van der Waals surface area contributed by atoms with Gasteiger partial charge in [-0.15, -0.1) is 0 Å². The van der Waals surface area contributed by atoms with E-state index in [9.17, 15) is 9.59 Å². The lowest BCUT2D eigenvalue weighted by atomic mass is 9.75. The number of hydrogen-bond donors (Lipinski definition) is 1. The summed E-state index contributed by atoms with van der Waals surface area (Å²) in [5.41, 5.74) is 0.544. The van der Waals surface area contributed by atoms with Gasteiger partial charge in [0.05, 0.1) is 13.2 Å². The van der Waals surface area contributed by atoms with Crippen molar-refractivity contribution in [2.45, 2.75) is 39.0 Å². The summed E-state index contributed by atoms with van der Waals surface area (Å²) >= 11 is 0. The van der Waals surface area contributed by atoms with E-state index in [0.717, 1.165) is 31.2 Å². The molecule has 5 nitrogen and oxygen atoms in total. The Labute approximate surface area is 149 Å². The van der Waals surface area contributed by atoms with Crippen LogP contribution < -0.4 is 10.1 Å². The number of hydrogen-bond acceptors (Lipinski definition) is 3. The third kappa shape index (κ3) is 4.53. The molecule has 0 aromatic heterocycles. The van der Waals surface area contributed by atoms with Gasteiger partial charge in [-0.2, -0.15) is 0 Å². The molecule has 1 aliphatic carbocycles. The van der Waals surface area contributed by atoms with Gasteiger partial charge in [0.25, 0.3) is 5.91 Å². The van der Waals surface area contributed by atoms with Gasteiger partial charge >= 0.3 is 0 Å². The Morgan fingerprint density at radius 3 is 2.56 bits per heavy atom. The van der Waals surface area contributed by atoms with E-state index >= 15 is 0 Å². The van der Waals surface area contributed by atoms with Gasteiger partial charge in [0.2, 0.25) is 5.91 Å². The van der Waals surface area contributed by atoms with Gasteiger partial charge in [-0.1, -0.05) is 19.3 Å². The summed E-state index contributed by atoms with van der Waals surface area (Å²) in [6.07, 6.45) is 6.31. The van der Waals surface area contributed by atoms with Crippen LogP contribution in [0.5, 0.6) is 5.75 Å². The number of amides is 2. The minimum Gasteiger partial charge on any atom is -0.494 e. The number of benzene rings is 1. The standard InChI is InChI=1S/C20H28N2O3/c1-2-25-18-9-7-16(8-10-18)20(24)21-13-19(23)22-12-11-15-5-3-4-6-17(15)14-22/h7-10,15,17H,2-6,11-14H2,1H3,(H,21,24). The third-order valence-electron chi connectivity index (χ3n) is 5.47. The summed E-state index contributed by atoms with van der Waals surface area (Å²) in [4.78, 5) is 26.6. The number of piperidine rings is 1. The number of nitrogens with one attached hydrogen (secondary N) is 1. The van der Waals surface area contributed by atoms with Gasteiger partial charge in [0, 0.05) is 18.7 Å². The van der Waals surface area contributed by atoms with Crippen LogP contribution in [0.25, 0.3) is 0 Å². The molecular weight excluding hydrogens is 316 g/mol. The first-order chi connectivity index (χ1) is 12.2. The third-order valence-corrected chi connectivity index (χ3v) is 5.47. The van der Waals surface area contributed by atoms with Gasteiger partial charge in [-0.25, -0.2) is 0 Å². The molecule has 1 aromatic carbocycles. The smallest absolute Gasteiger partial charge is 0.251 e. The second kappa shape index (κ2) is 8.37. The molecule has 2 unspecified atom stereocenters. The van der Waals surface area contributed by atoms with Crippen LogP contribution in [0.3, 0.4) is 0 Å². The monoisotopic (exact) mass is 344 g/mol. The molecular formula is C20H28N2O3. The van der Waals surface area contributed by atoms with Crippen LogP contribution >= 0.6 is 0 Å². The molecule has 0 radical (unpaired) electrons. The van der Waals surface area contributed by atoms with Gasteiger partial charge in [0.1, 0.15) is 5.75 Å². The number of likely N-dealkylation sites (tertiary alicyclic amines) is 1. The van der Waals surface area contributed by atoms with Crippen molar-refractivity contribution in [1.29, 1.82) is 0 Å². The van der Waals surface area contributed by atoms with Crippen molar-refractivity contribution in [3.63, 3.8) is 0 Å². The molecule has 1 saturated heterocycles. The highest BCUT2D eigenvalue weighted by molar-refractivity contribution is 5.96. The average Bonchev–Trinajstić information content (AvgIpc) is 2.66. The van der Waals surface area contributed by atoms with Gasteiger partial charge < -0.3 is 15.0 Å². The van der Waals surface area contributed by atoms with Crippen molar-refractivity contribution in [3.05, 3.63) is 29.8 Å². The summed E-state index contributed by atoms with van der Waals surface area (Å²) < 4.78 is 5.37. The van der Waals surface area contributed by atoms with Crippen LogP contribution in [0.15, 0.2) is 24.3 Å².